The predicted octanol–water partition coefficient (Wildman–Crippen LogP) is 2.65. The highest BCUT2D eigenvalue weighted by Gasteiger charge is 2.65. The highest BCUT2D eigenvalue weighted by molar-refractivity contribution is 6.07. The lowest BCUT2D eigenvalue weighted by atomic mass is 9.63. The first-order valence-electron chi connectivity index (χ1n) is 7.82. The van der Waals surface area contributed by atoms with Crippen LogP contribution in [0.1, 0.15) is 17.0 Å². The minimum atomic E-state index is 0.141. The zero-order chi connectivity index (χ0) is 14.6. The number of ether oxygens (including phenoxy) is 1. The molecule has 0 saturated heterocycles. The normalized spacial score (nSPS) is 34.9. The van der Waals surface area contributed by atoms with Crippen LogP contribution in [0.5, 0.6) is 5.75 Å². The average molecular weight is 290 g/mol. The second kappa shape index (κ2) is 3.45. The maximum atomic E-state index is 13.0. The van der Waals surface area contributed by atoms with E-state index in [4.69, 9.17) is 9.72 Å². The third-order valence-electron chi connectivity index (χ3n) is 5.83. The molecule has 0 N–H and O–H groups in total. The van der Waals surface area contributed by atoms with E-state index < -0.39 is 0 Å². The van der Waals surface area contributed by atoms with Crippen molar-refractivity contribution in [3.63, 3.8) is 0 Å². The van der Waals surface area contributed by atoms with Gasteiger partial charge in [0.2, 0.25) is 5.91 Å². The van der Waals surface area contributed by atoms with Gasteiger partial charge in [0.1, 0.15) is 11.6 Å². The highest BCUT2D eigenvalue weighted by atomic mass is 16.5. The van der Waals surface area contributed by atoms with Crippen molar-refractivity contribution in [3.05, 3.63) is 48.0 Å². The lowest BCUT2D eigenvalue weighted by molar-refractivity contribution is 0.0925. The summed E-state index contributed by atoms with van der Waals surface area (Å²) in [6.07, 6.45) is 5.82. The van der Waals surface area contributed by atoms with Crippen molar-refractivity contribution < 1.29 is 9.53 Å². The van der Waals surface area contributed by atoms with Crippen LogP contribution < -0.4 is 4.74 Å². The number of allylic oxidation sites excluding steroid dienone is 2. The molecule has 22 heavy (non-hydrogen) atoms. The minimum absolute atomic E-state index is 0.141. The van der Waals surface area contributed by atoms with E-state index in [0.29, 0.717) is 17.8 Å². The summed E-state index contributed by atoms with van der Waals surface area (Å²) in [4.78, 5) is 17.8. The summed E-state index contributed by atoms with van der Waals surface area (Å²) >= 11 is 0. The number of methoxy groups -OCH3 is 1. The smallest absolute Gasteiger partial charge is 0.241 e. The van der Waals surface area contributed by atoms with E-state index in [1.54, 1.807) is 7.11 Å². The number of nitrogens with zero attached hydrogens (tertiary/aromatic N) is 2. The second-order valence-electron chi connectivity index (χ2n) is 6.76. The van der Waals surface area contributed by atoms with E-state index in [1.807, 2.05) is 22.8 Å². The van der Waals surface area contributed by atoms with E-state index in [2.05, 4.69) is 12.2 Å². The molecule has 4 heteroatoms. The number of fused-ring (bicyclic) bond motifs is 3. The Balaban J connectivity index is 1.60. The number of carbonyl (C=O) groups is 1. The molecular weight excluding hydrogens is 276 g/mol. The van der Waals surface area contributed by atoms with Gasteiger partial charge in [0.05, 0.1) is 30.0 Å². The Morgan fingerprint density at radius 3 is 2.73 bits per heavy atom. The van der Waals surface area contributed by atoms with E-state index in [1.165, 1.54) is 12.3 Å². The number of rotatable bonds is 1. The molecule has 4 atom stereocenters. The average Bonchev–Trinajstić information content (AvgIpc) is 3.22. The van der Waals surface area contributed by atoms with Crippen LogP contribution in [0.15, 0.2) is 30.4 Å². The summed E-state index contributed by atoms with van der Waals surface area (Å²) in [6.45, 7) is 0. The molecule has 4 aliphatic carbocycles. The molecule has 0 amide bonds. The molecule has 1 aliphatic heterocycles. The molecule has 5 aliphatic rings. The summed E-state index contributed by atoms with van der Waals surface area (Å²) in [6, 6.07) is 5.74. The molecule has 0 spiro atoms. The number of aromatic nitrogens is 2. The van der Waals surface area contributed by atoms with Crippen molar-refractivity contribution in [1.82, 2.24) is 9.55 Å². The van der Waals surface area contributed by atoms with Gasteiger partial charge in [0.15, 0.2) is 0 Å². The van der Waals surface area contributed by atoms with Gasteiger partial charge in [-0.3, -0.25) is 9.36 Å². The summed E-state index contributed by atoms with van der Waals surface area (Å²) in [5.41, 5.74) is 1.73. The molecule has 2 heterocycles. The molecular formula is C18H14N2O2. The van der Waals surface area contributed by atoms with Crippen molar-refractivity contribution in [3.8, 4) is 5.75 Å². The van der Waals surface area contributed by atoms with Crippen LogP contribution in [0, 0.1) is 35.5 Å². The zero-order valence-corrected chi connectivity index (χ0v) is 12.1. The SMILES string of the molecule is COc1ccc2c(c1)nc1n2C(=O)[C]2[C]1[C@@H]1C=C[C@H]2C2CC21. The van der Waals surface area contributed by atoms with Crippen LogP contribution >= 0.6 is 0 Å². The Hall–Kier alpha value is -2.10. The molecule has 4 nitrogen and oxygen atoms in total. The van der Waals surface area contributed by atoms with E-state index in [9.17, 15) is 4.79 Å². The molecule has 2 saturated carbocycles. The maximum Gasteiger partial charge on any atom is 0.241 e. The highest BCUT2D eigenvalue weighted by Crippen LogP contribution is 2.68. The monoisotopic (exact) mass is 290 g/mol. The van der Waals surface area contributed by atoms with Gasteiger partial charge >= 0.3 is 0 Å². The van der Waals surface area contributed by atoms with Crippen molar-refractivity contribution in [2.75, 3.05) is 7.11 Å². The Morgan fingerprint density at radius 2 is 1.95 bits per heavy atom. The molecule has 2 fully saturated rings. The molecule has 1 aromatic heterocycles. The van der Waals surface area contributed by atoms with Gasteiger partial charge in [-0.05, 0) is 42.2 Å². The fraction of sp³-hybridized carbons (Fsp3) is 0.333. The maximum absolute atomic E-state index is 13.0. The molecule has 2 radical (unpaired) electrons. The van der Waals surface area contributed by atoms with Crippen molar-refractivity contribution in [1.29, 1.82) is 0 Å². The molecule has 7 rings (SSSR count). The lowest BCUT2D eigenvalue weighted by Crippen LogP contribution is -2.36. The van der Waals surface area contributed by atoms with Gasteiger partial charge in [-0.1, -0.05) is 12.2 Å². The van der Waals surface area contributed by atoms with Crippen molar-refractivity contribution >= 4 is 16.9 Å². The largest absolute Gasteiger partial charge is 0.497 e. The van der Waals surface area contributed by atoms with Gasteiger partial charge < -0.3 is 4.74 Å². The quantitative estimate of drug-likeness (QED) is 0.758. The van der Waals surface area contributed by atoms with Crippen LogP contribution in [-0.2, 0) is 0 Å². The zero-order valence-electron chi connectivity index (χ0n) is 12.1. The second-order valence-corrected chi connectivity index (χ2v) is 6.76. The van der Waals surface area contributed by atoms with Crippen LogP contribution in [0.3, 0.4) is 0 Å². The van der Waals surface area contributed by atoms with Crippen LogP contribution in [0.25, 0.3) is 11.0 Å². The first-order chi connectivity index (χ1) is 10.8. The van der Waals surface area contributed by atoms with Gasteiger partial charge in [0, 0.05) is 6.07 Å². The summed E-state index contributed by atoms with van der Waals surface area (Å²) in [5, 5.41) is 0. The lowest BCUT2D eigenvalue weighted by Gasteiger charge is -2.37. The van der Waals surface area contributed by atoms with Gasteiger partial charge in [0.25, 0.3) is 0 Å². The van der Waals surface area contributed by atoms with Crippen LogP contribution in [0.4, 0.5) is 0 Å². The Morgan fingerprint density at radius 1 is 1.18 bits per heavy atom. The fourth-order valence-electron chi connectivity index (χ4n) is 4.79. The standard InChI is InChI=1S/C18H14N2O2/c1-22-8-2-5-14-13(6-8)19-17-15-9-3-4-10(12-7-11(9)12)16(15)18(21)20(14)17/h2-6,9-12H,7H2,1H3/t9-,10+,11?,12?/m1/s1. The number of imidazole rings is 1. The van der Waals surface area contributed by atoms with Crippen LogP contribution in [0.2, 0.25) is 0 Å². The van der Waals surface area contributed by atoms with E-state index in [-0.39, 0.29) is 5.91 Å². The first-order valence-corrected chi connectivity index (χ1v) is 7.82. The Kier molecular flexibility index (Phi) is 1.80. The topological polar surface area (TPSA) is 44.1 Å². The molecule has 2 aromatic rings. The van der Waals surface area contributed by atoms with Gasteiger partial charge in [-0.25, -0.2) is 4.98 Å². The van der Waals surface area contributed by atoms with Crippen molar-refractivity contribution in [2.24, 2.45) is 23.7 Å². The molecule has 2 unspecified atom stereocenters. The van der Waals surface area contributed by atoms with E-state index in [0.717, 1.165) is 34.4 Å². The summed E-state index contributed by atoms with van der Waals surface area (Å²) in [7, 11) is 1.65. The number of benzene rings is 1. The first kappa shape index (κ1) is 11.5. The van der Waals surface area contributed by atoms with Crippen molar-refractivity contribution in [2.45, 2.75) is 6.42 Å². The molecule has 108 valence electrons. The third kappa shape index (κ3) is 1.11. The minimum Gasteiger partial charge on any atom is -0.497 e. The van der Waals surface area contributed by atoms with Gasteiger partial charge in [-0.2, -0.15) is 0 Å². The Bertz CT molecular complexity index is 881. The third-order valence-corrected chi connectivity index (χ3v) is 5.83. The fourth-order valence-corrected chi connectivity index (χ4v) is 4.79. The number of hydrogen-bond acceptors (Lipinski definition) is 3. The number of carbonyl (C=O) groups excluding carboxylic acids is 1. The van der Waals surface area contributed by atoms with Gasteiger partial charge in [-0.15, -0.1) is 0 Å². The summed E-state index contributed by atoms with van der Waals surface area (Å²) in [5.74, 6) is 6.17. The summed E-state index contributed by atoms with van der Waals surface area (Å²) < 4.78 is 7.09. The van der Waals surface area contributed by atoms with E-state index >= 15 is 0 Å². The predicted molar refractivity (Wildman–Crippen MR) is 80.2 cm³/mol. The number of hydrogen-bond donors (Lipinski definition) is 0. The molecule has 1 aromatic carbocycles. The van der Waals surface area contributed by atoms with Crippen LogP contribution in [-0.4, -0.2) is 22.6 Å². The molecule has 2 bridgehead atoms. The Labute approximate surface area is 127 Å².